The van der Waals surface area contributed by atoms with Crippen molar-refractivity contribution in [1.82, 2.24) is 0 Å². The highest BCUT2D eigenvalue weighted by atomic mass is 79.9. The Labute approximate surface area is 123 Å². The van der Waals surface area contributed by atoms with Crippen molar-refractivity contribution >= 4 is 49.2 Å². The summed E-state index contributed by atoms with van der Waals surface area (Å²) >= 11 is 5.85. The first kappa shape index (κ1) is 16.2. The van der Waals surface area contributed by atoms with Crippen LogP contribution in [0, 0.1) is 0 Å². The van der Waals surface area contributed by atoms with E-state index in [-0.39, 0.29) is 11.3 Å². The third kappa shape index (κ3) is 4.31. The van der Waals surface area contributed by atoms with E-state index in [0.29, 0.717) is 6.07 Å². The number of nitrogens with one attached hydrogen (secondary N) is 1. The van der Waals surface area contributed by atoms with Gasteiger partial charge in [-0.15, -0.1) is 0 Å². The van der Waals surface area contributed by atoms with Gasteiger partial charge in [0.2, 0.25) is 5.91 Å². The van der Waals surface area contributed by atoms with Crippen molar-refractivity contribution in [1.29, 1.82) is 0 Å². The minimum atomic E-state index is -4.56. The molecule has 0 aliphatic heterocycles. The van der Waals surface area contributed by atoms with Gasteiger partial charge >= 0.3 is 6.18 Å². The van der Waals surface area contributed by atoms with Crippen LogP contribution in [0.1, 0.15) is 22.8 Å². The second-order valence-electron chi connectivity index (χ2n) is 3.60. The van der Waals surface area contributed by atoms with E-state index in [1.165, 1.54) is 6.92 Å². The van der Waals surface area contributed by atoms with Crippen molar-refractivity contribution in [2.45, 2.75) is 16.8 Å². The fourth-order valence-electron chi connectivity index (χ4n) is 1.34. The Kier molecular flexibility index (Phi) is 5.14. The molecule has 0 atom stereocenters. The number of benzene rings is 1. The summed E-state index contributed by atoms with van der Waals surface area (Å²) in [6.07, 6.45) is -4.56. The molecule has 0 aromatic heterocycles. The number of anilines is 1. The molecule has 1 N–H and O–H groups in total. The van der Waals surface area contributed by atoms with E-state index in [1.54, 1.807) is 0 Å². The zero-order valence-corrected chi connectivity index (χ0v) is 12.7. The van der Waals surface area contributed by atoms with Crippen LogP contribution < -0.4 is 5.32 Å². The summed E-state index contributed by atoms with van der Waals surface area (Å²) in [6.45, 7) is 1.20. The van der Waals surface area contributed by atoms with Gasteiger partial charge in [-0.3, -0.25) is 9.59 Å². The number of Topliss-reactive ketones (excluding diaryl/α,β-unsaturated/α-hetero) is 1. The lowest BCUT2D eigenvalue weighted by atomic mass is 10.0. The van der Waals surface area contributed by atoms with Crippen LogP contribution in [0.3, 0.4) is 0 Å². The summed E-state index contributed by atoms with van der Waals surface area (Å²) in [5.74, 6) is -1.09. The van der Waals surface area contributed by atoms with Gasteiger partial charge in [0.25, 0.3) is 0 Å². The summed E-state index contributed by atoms with van der Waals surface area (Å²) in [5, 5.41) is 2.32. The topological polar surface area (TPSA) is 46.2 Å². The molecule has 0 unspecified atom stereocenters. The van der Waals surface area contributed by atoms with Crippen molar-refractivity contribution in [2.75, 3.05) is 5.32 Å². The van der Waals surface area contributed by atoms with Gasteiger partial charge in [0.05, 0.1) is 11.3 Å². The summed E-state index contributed by atoms with van der Waals surface area (Å²) < 4.78 is 37.0. The molecule has 0 saturated heterocycles. The predicted molar refractivity (Wildman–Crippen MR) is 71.7 cm³/mol. The minimum absolute atomic E-state index is 0.0365. The molecule has 104 valence electrons. The molecule has 0 aliphatic rings. The highest BCUT2D eigenvalue weighted by Crippen LogP contribution is 2.33. The zero-order valence-electron chi connectivity index (χ0n) is 9.52. The number of halogens is 5. The molecule has 0 fully saturated rings. The fraction of sp³-hybridized carbons (Fsp3) is 0.273. The number of hydrogen-bond acceptors (Lipinski definition) is 2. The predicted octanol–water partition coefficient (Wildman–Crippen LogP) is 3.96. The Bertz CT molecular complexity index is 515. The number of amides is 1. The highest BCUT2D eigenvalue weighted by Gasteiger charge is 2.32. The molecule has 1 aromatic rings. The van der Waals surface area contributed by atoms with Crippen LogP contribution in [0.4, 0.5) is 18.9 Å². The van der Waals surface area contributed by atoms with Gasteiger partial charge < -0.3 is 5.32 Å². The van der Waals surface area contributed by atoms with Gasteiger partial charge in [0.1, 0.15) is 3.74 Å². The molecule has 0 aliphatic carbocycles. The Balaban J connectivity index is 3.34. The van der Waals surface area contributed by atoms with E-state index >= 15 is 0 Å². The maximum atomic E-state index is 12.6. The van der Waals surface area contributed by atoms with E-state index in [1.807, 2.05) is 0 Å². The number of carbonyl (C=O) groups excluding carboxylic acids is 2. The van der Waals surface area contributed by atoms with Crippen LogP contribution in [-0.4, -0.2) is 15.4 Å². The lowest BCUT2D eigenvalue weighted by Gasteiger charge is -2.13. The van der Waals surface area contributed by atoms with Crippen molar-refractivity contribution in [3.8, 4) is 0 Å². The van der Waals surface area contributed by atoms with Crippen LogP contribution in [0.2, 0.25) is 0 Å². The first-order valence-corrected chi connectivity index (χ1v) is 6.77. The molecule has 0 spiro atoms. The largest absolute Gasteiger partial charge is 0.416 e. The second kappa shape index (κ2) is 6.04. The Morgan fingerprint density at radius 2 is 1.84 bits per heavy atom. The first-order valence-electron chi connectivity index (χ1n) is 4.94. The summed E-state index contributed by atoms with van der Waals surface area (Å²) in [4.78, 5) is 22.8. The van der Waals surface area contributed by atoms with E-state index in [9.17, 15) is 22.8 Å². The quantitative estimate of drug-likeness (QED) is 0.614. The van der Waals surface area contributed by atoms with Crippen LogP contribution >= 0.6 is 31.9 Å². The number of rotatable bonds is 3. The van der Waals surface area contributed by atoms with Gasteiger partial charge in [0.15, 0.2) is 5.78 Å². The van der Waals surface area contributed by atoms with Gasteiger partial charge in [-0.2, -0.15) is 13.2 Å². The molecule has 3 nitrogen and oxygen atoms in total. The number of ketones is 1. The third-order valence-corrected chi connectivity index (χ3v) is 2.95. The molecule has 1 amide bonds. The van der Waals surface area contributed by atoms with E-state index in [2.05, 4.69) is 37.2 Å². The van der Waals surface area contributed by atoms with Crippen molar-refractivity contribution in [3.63, 3.8) is 0 Å². The standard InChI is InChI=1S/C11H8Br2F3NO2/c1-5(18)17-8-3-2-6(11(14,15)16)4-7(8)9(19)10(12)13/h2-4,10H,1H3,(H,17,18). The average molecular weight is 403 g/mol. The summed E-state index contributed by atoms with van der Waals surface area (Å²) in [5.41, 5.74) is -1.14. The van der Waals surface area contributed by atoms with Gasteiger partial charge in [-0.1, -0.05) is 31.9 Å². The maximum Gasteiger partial charge on any atom is 0.416 e. The molecular weight excluding hydrogens is 395 g/mol. The number of carbonyl (C=O) groups is 2. The average Bonchev–Trinajstić information content (AvgIpc) is 2.26. The van der Waals surface area contributed by atoms with Crippen LogP contribution in [0.25, 0.3) is 0 Å². The molecule has 0 bridgehead atoms. The summed E-state index contributed by atoms with van der Waals surface area (Å²) in [6, 6.07) is 2.57. The second-order valence-corrected chi connectivity index (χ2v) is 6.66. The SMILES string of the molecule is CC(=O)Nc1ccc(C(F)(F)F)cc1C(=O)C(Br)Br. The Morgan fingerprint density at radius 3 is 2.26 bits per heavy atom. The lowest BCUT2D eigenvalue weighted by molar-refractivity contribution is -0.137. The minimum Gasteiger partial charge on any atom is -0.326 e. The van der Waals surface area contributed by atoms with Crippen LogP contribution in [0.15, 0.2) is 18.2 Å². The van der Waals surface area contributed by atoms with Gasteiger partial charge in [-0.05, 0) is 18.2 Å². The van der Waals surface area contributed by atoms with E-state index < -0.39 is 27.2 Å². The van der Waals surface area contributed by atoms with Crippen molar-refractivity contribution in [3.05, 3.63) is 29.3 Å². The number of alkyl halides is 5. The first-order chi connectivity index (χ1) is 8.62. The van der Waals surface area contributed by atoms with Crippen LogP contribution in [-0.2, 0) is 11.0 Å². The molecule has 8 heteroatoms. The molecule has 1 aromatic carbocycles. The fourth-order valence-corrected chi connectivity index (χ4v) is 1.83. The maximum absolute atomic E-state index is 12.6. The van der Waals surface area contributed by atoms with E-state index in [4.69, 9.17) is 0 Å². The third-order valence-electron chi connectivity index (χ3n) is 2.12. The van der Waals surface area contributed by atoms with Crippen molar-refractivity contribution < 1.29 is 22.8 Å². The van der Waals surface area contributed by atoms with Gasteiger partial charge in [-0.25, -0.2) is 0 Å². The lowest BCUT2D eigenvalue weighted by Crippen LogP contribution is -2.16. The zero-order chi connectivity index (χ0) is 14.8. The highest BCUT2D eigenvalue weighted by molar-refractivity contribution is 9.25. The summed E-state index contributed by atoms with van der Waals surface area (Å²) in [7, 11) is 0. The monoisotopic (exact) mass is 401 g/mol. The molecule has 0 heterocycles. The van der Waals surface area contributed by atoms with Crippen LogP contribution in [0.5, 0.6) is 0 Å². The molecule has 0 saturated carbocycles. The Morgan fingerprint density at radius 1 is 1.26 bits per heavy atom. The van der Waals surface area contributed by atoms with Gasteiger partial charge in [0, 0.05) is 12.5 Å². The molecule has 0 radical (unpaired) electrons. The smallest absolute Gasteiger partial charge is 0.326 e. The Hall–Kier alpha value is -0.890. The normalized spacial score (nSPS) is 11.5. The number of hydrogen-bond donors (Lipinski definition) is 1. The van der Waals surface area contributed by atoms with Crippen molar-refractivity contribution in [2.24, 2.45) is 0 Å². The molecular formula is C11H8Br2F3NO2. The molecule has 19 heavy (non-hydrogen) atoms. The van der Waals surface area contributed by atoms with E-state index in [0.717, 1.165) is 12.1 Å². The molecule has 1 rings (SSSR count).